The molecule has 0 aromatic rings. The lowest BCUT2D eigenvalue weighted by Crippen LogP contribution is -2.30. The predicted molar refractivity (Wildman–Crippen MR) is 265 cm³/mol. The van der Waals surface area contributed by atoms with E-state index in [-0.39, 0.29) is 37.5 Å². The van der Waals surface area contributed by atoms with E-state index in [2.05, 4.69) is 69.4 Å². The van der Waals surface area contributed by atoms with E-state index in [4.69, 9.17) is 14.2 Å². The first kappa shape index (κ1) is 58.6. The van der Waals surface area contributed by atoms with Gasteiger partial charge in [-0.25, -0.2) is 0 Å². The minimum Gasteiger partial charge on any atom is -0.462 e. The predicted octanol–water partition coefficient (Wildman–Crippen LogP) is 16.8. The molecule has 0 heterocycles. The van der Waals surface area contributed by atoms with Crippen LogP contribution in [-0.2, 0) is 28.6 Å². The zero-order valence-electron chi connectivity index (χ0n) is 40.4. The molecule has 0 saturated carbocycles. The van der Waals surface area contributed by atoms with Gasteiger partial charge in [0.15, 0.2) is 6.10 Å². The summed E-state index contributed by atoms with van der Waals surface area (Å²) in [6.45, 7) is 6.42. The third-order valence-corrected chi connectivity index (χ3v) is 10.8. The molecule has 0 fully saturated rings. The van der Waals surface area contributed by atoms with Crippen molar-refractivity contribution in [2.45, 2.75) is 239 Å². The van der Waals surface area contributed by atoms with Crippen molar-refractivity contribution in [2.75, 3.05) is 13.2 Å². The summed E-state index contributed by atoms with van der Waals surface area (Å²) in [7, 11) is 0. The van der Waals surface area contributed by atoms with Crippen LogP contribution in [0.3, 0.4) is 0 Å². The fourth-order valence-electron chi connectivity index (χ4n) is 6.92. The summed E-state index contributed by atoms with van der Waals surface area (Å²) in [5.74, 6) is -0.959. The second kappa shape index (κ2) is 50.2. The van der Waals surface area contributed by atoms with Gasteiger partial charge in [0.05, 0.1) is 0 Å². The Morgan fingerprint density at radius 1 is 0.339 bits per heavy atom. The number of esters is 3. The van der Waals surface area contributed by atoms with Gasteiger partial charge in [-0.1, -0.05) is 234 Å². The van der Waals surface area contributed by atoms with Crippen molar-refractivity contribution in [1.29, 1.82) is 0 Å². The van der Waals surface area contributed by atoms with Gasteiger partial charge in [0, 0.05) is 19.3 Å². The highest BCUT2D eigenvalue weighted by molar-refractivity contribution is 5.71. The Labute approximate surface area is 382 Å². The number of rotatable bonds is 45. The van der Waals surface area contributed by atoms with Crippen LogP contribution in [0, 0.1) is 0 Å². The first-order chi connectivity index (χ1) is 30.5. The second-order valence-electron chi connectivity index (χ2n) is 16.9. The van der Waals surface area contributed by atoms with E-state index in [1.54, 1.807) is 0 Å². The molecule has 0 spiro atoms. The highest BCUT2D eigenvalue weighted by Gasteiger charge is 2.19. The zero-order chi connectivity index (χ0) is 45.1. The number of carbonyl (C=O) groups excluding carboxylic acids is 3. The molecule has 0 amide bonds. The van der Waals surface area contributed by atoms with Gasteiger partial charge < -0.3 is 14.2 Å². The van der Waals surface area contributed by atoms with Crippen LogP contribution in [0.1, 0.15) is 233 Å². The maximum absolute atomic E-state index is 12.8. The van der Waals surface area contributed by atoms with Crippen LogP contribution in [0.15, 0.2) is 85.1 Å². The number of hydrogen-bond acceptors (Lipinski definition) is 6. The topological polar surface area (TPSA) is 78.9 Å². The molecule has 0 rings (SSSR count). The van der Waals surface area contributed by atoms with E-state index >= 15 is 0 Å². The molecule has 0 bridgehead atoms. The average molecular weight is 863 g/mol. The molecule has 1 atom stereocenters. The Hall–Kier alpha value is -3.41. The molecular formula is C56H94O6. The summed E-state index contributed by atoms with van der Waals surface area (Å²) < 4.78 is 16.7. The molecule has 62 heavy (non-hydrogen) atoms. The highest BCUT2D eigenvalue weighted by Crippen LogP contribution is 2.14. The van der Waals surface area contributed by atoms with Crippen LogP contribution >= 0.6 is 0 Å². The molecule has 6 nitrogen and oxygen atoms in total. The molecule has 6 heteroatoms. The molecule has 0 aromatic heterocycles. The average Bonchev–Trinajstić information content (AvgIpc) is 3.27. The molecule has 0 aliphatic carbocycles. The number of ether oxygens (including phenoxy) is 3. The summed E-state index contributed by atoms with van der Waals surface area (Å²) in [6, 6.07) is 0. The first-order valence-corrected chi connectivity index (χ1v) is 25.7. The number of hydrogen-bond donors (Lipinski definition) is 0. The first-order valence-electron chi connectivity index (χ1n) is 25.7. The summed E-state index contributed by atoms with van der Waals surface area (Å²) in [5, 5.41) is 0. The SMILES string of the molecule is CC/C=C/C=C/C=C/C=C/CCCCCC(=O)OC(COC(=O)CCCCCCC/C=C/C=C/C=C/CCCCCCC)COC(=O)CCCCCCCCCCCCCCC. The van der Waals surface area contributed by atoms with E-state index in [1.807, 2.05) is 36.5 Å². The smallest absolute Gasteiger partial charge is 0.306 e. The van der Waals surface area contributed by atoms with Crippen molar-refractivity contribution >= 4 is 17.9 Å². The monoisotopic (exact) mass is 863 g/mol. The van der Waals surface area contributed by atoms with Gasteiger partial charge >= 0.3 is 17.9 Å². The molecule has 0 radical (unpaired) electrons. The van der Waals surface area contributed by atoms with Crippen LogP contribution in [0.2, 0.25) is 0 Å². The summed E-state index contributed by atoms with van der Waals surface area (Å²) in [4.78, 5) is 37.9. The van der Waals surface area contributed by atoms with Gasteiger partial charge in [0.25, 0.3) is 0 Å². The van der Waals surface area contributed by atoms with Gasteiger partial charge in [-0.05, 0) is 64.2 Å². The Morgan fingerprint density at radius 3 is 1.00 bits per heavy atom. The molecule has 354 valence electrons. The van der Waals surface area contributed by atoms with Crippen LogP contribution in [0.25, 0.3) is 0 Å². The van der Waals surface area contributed by atoms with Gasteiger partial charge in [-0.2, -0.15) is 0 Å². The lowest BCUT2D eigenvalue weighted by Gasteiger charge is -2.18. The number of carbonyl (C=O) groups is 3. The van der Waals surface area contributed by atoms with E-state index in [0.29, 0.717) is 19.3 Å². The van der Waals surface area contributed by atoms with Gasteiger partial charge in [0.2, 0.25) is 0 Å². The Bertz CT molecular complexity index is 1220. The van der Waals surface area contributed by atoms with Crippen LogP contribution in [-0.4, -0.2) is 37.2 Å². The van der Waals surface area contributed by atoms with Crippen molar-refractivity contribution in [1.82, 2.24) is 0 Å². The minimum absolute atomic E-state index is 0.0984. The van der Waals surface area contributed by atoms with Crippen molar-refractivity contribution in [3.05, 3.63) is 85.1 Å². The molecule has 0 aliphatic rings. The molecular weight excluding hydrogens is 769 g/mol. The van der Waals surface area contributed by atoms with E-state index in [1.165, 1.54) is 96.3 Å². The largest absolute Gasteiger partial charge is 0.462 e. The quantitative estimate of drug-likeness (QED) is 0.0263. The lowest BCUT2D eigenvalue weighted by molar-refractivity contribution is -0.167. The van der Waals surface area contributed by atoms with Gasteiger partial charge in [-0.3, -0.25) is 14.4 Å². The summed E-state index contributed by atoms with van der Waals surface area (Å²) in [6.07, 6.45) is 64.2. The van der Waals surface area contributed by atoms with Crippen molar-refractivity contribution in [3.63, 3.8) is 0 Å². The fourth-order valence-corrected chi connectivity index (χ4v) is 6.92. The Balaban J connectivity index is 4.46. The molecule has 0 saturated heterocycles. The maximum Gasteiger partial charge on any atom is 0.306 e. The lowest BCUT2D eigenvalue weighted by atomic mass is 10.0. The minimum atomic E-state index is -0.803. The molecule has 0 N–H and O–H groups in total. The molecule has 1 unspecified atom stereocenters. The number of unbranched alkanes of at least 4 members (excludes halogenated alkanes) is 25. The van der Waals surface area contributed by atoms with Gasteiger partial charge in [-0.15, -0.1) is 0 Å². The van der Waals surface area contributed by atoms with Crippen LogP contribution < -0.4 is 0 Å². The Morgan fingerprint density at radius 2 is 0.629 bits per heavy atom. The van der Waals surface area contributed by atoms with Crippen molar-refractivity contribution in [2.24, 2.45) is 0 Å². The maximum atomic E-state index is 12.8. The van der Waals surface area contributed by atoms with E-state index in [0.717, 1.165) is 89.9 Å². The second-order valence-corrected chi connectivity index (χ2v) is 16.9. The fraction of sp³-hybridized carbons (Fsp3) is 0.696. The number of allylic oxidation sites excluding steroid dienone is 14. The zero-order valence-corrected chi connectivity index (χ0v) is 40.4. The van der Waals surface area contributed by atoms with Crippen LogP contribution in [0.5, 0.6) is 0 Å². The standard InChI is InChI=1S/C56H94O6/c1-4-7-10-13-16-19-22-25-26-27-28-29-32-34-37-40-43-46-49-55(58)61-52-53(62-56(59)50-47-44-41-38-35-31-24-21-18-15-12-9-6-3)51-60-54(57)48-45-42-39-36-33-30-23-20-17-14-11-8-5-2/h9,12,15,18,21-22,24-29,31,35,53H,4-8,10-11,13-14,16-17,19-20,23,30,32-34,36-52H2,1-3H3/b12-9+,18-15+,24-21+,25-22+,27-26+,29-28+,35-31+. The van der Waals surface area contributed by atoms with E-state index < -0.39 is 6.10 Å². The van der Waals surface area contributed by atoms with E-state index in [9.17, 15) is 14.4 Å². The van der Waals surface area contributed by atoms with Crippen molar-refractivity contribution < 1.29 is 28.6 Å². The van der Waals surface area contributed by atoms with Crippen LogP contribution in [0.4, 0.5) is 0 Å². The third kappa shape index (κ3) is 47.6. The molecule has 0 aromatic carbocycles. The summed E-state index contributed by atoms with van der Waals surface area (Å²) >= 11 is 0. The van der Waals surface area contributed by atoms with Crippen molar-refractivity contribution in [3.8, 4) is 0 Å². The summed E-state index contributed by atoms with van der Waals surface area (Å²) in [5.41, 5.74) is 0. The normalized spacial score (nSPS) is 12.8. The Kier molecular flexibility index (Phi) is 47.5. The third-order valence-electron chi connectivity index (χ3n) is 10.8. The van der Waals surface area contributed by atoms with Gasteiger partial charge in [0.1, 0.15) is 13.2 Å². The molecule has 0 aliphatic heterocycles. The highest BCUT2D eigenvalue weighted by atomic mass is 16.6.